The maximum Gasteiger partial charge on any atom is 0.256 e. The zero-order valence-corrected chi connectivity index (χ0v) is 19.9. The number of nitrogens with zero attached hydrogens (tertiary/aromatic N) is 1. The highest BCUT2D eigenvalue weighted by Gasteiger charge is 2.20. The number of hydrogen-bond donors (Lipinski definition) is 4. The fraction of sp³-hybridized carbons (Fsp3) is 0.167. The van der Waals surface area contributed by atoms with Crippen LogP contribution >= 0.6 is 23.2 Å². The summed E-state index contributed by atoms with van der Waals surface area (Å²) in [6, 6.07) is 14.1. The first-order valence-electron chi connectivity index (χ1n) is 10.3. The molecule has 0 aliphatic heterocycles. The van der Waals surface area contributed by atoms with Crippen LogP contribution in [0.2, 0.25) is 10.0 Å². The van der Waals surface area contributed by atoms with E-state index in [0.29, 0.717) is 50.6 Å². The molecule has 0 aliphatic rings. The lowest BCUT2D eigenvalue weighted by molar-refractivity contribution is 0.102. The summed E-state index contributed by atoms with van der Waals surface area (Å²) >= 11 is 13.1. The standard InChI is InChI=1S/C24H22Cl2N4O4/c1-33-18-12-19(34-2)22(26)20(21(18)25)14-5-8-16-17(11-14)29-30-23(16)28-24(32)13-3-6-15(7-4-13)27-9-10-31/h3-8,11-12,27,31H,9-10H2,1-2H3,(H2,28,29,30,32). The van der Waals surface area contributed by atoms with E-state index in [-0.39, 0.29) is 12.5 Å². The van der Waals surface area contributed by atoms with Crippen LogP contribution in [0.15, 0.2) is 48.5 Å². The van der Waals surface area contributed by atoms with Crippen LogP contribution in [0.4, 0.5) is 11.5 Å². The van der Waals surface area contributed by atoms with Gasteiger partial charge in [-0.2, -0.15) is 5.10 Å². The number of aromatic amines is 1. The van der Waals surface area contributed by atoms with Crippen LogP contribution in [0.3, 0.4) is 0 Å². The number of nitrogens with one attached hydrogen (secondary N) is 3. The second kappa shape index (κ2) is 10.2. The Kier molecular flexibility index (Phi) is 7.12. The first-order chi connectivity index (χ1) is 16.5. The first kappa shape index (κ1) is 23.7. The number of anilines is 2. The quantitative estimate of drug-likeness (QED) is 0.264. The number of fused-ring (bicyclic) bond motifs is 1. The molecule has 4 N–H and O–H groups in total. The average Bonchev–Trinajstić information content (AvgIpc) is 3.25. The molecule has 10 heteroatoms. The highest BCUT2D eigenvalue weighted by molar-refractivity contribution is 6.41. The Morgan fingerprint density at radius 1 is 1.03 bits per heavy atom. The van der Waals surface area contributed by atoms with Crippen LogP contribution in [0, 0.1) is 0 Å². The van der Waals surface area contributed by atoms with Crippen molar-refractivity contribution < 1.29 is 19.4 Å². The minimum absolute atomic E-state index is 0.0277. The van der Waals surface area contributed by atoms with Gasteiger partial charge in [0.05, 0.1) is 36.4 Å². The van der Waals surface area contributed by atoms with Crippen LogP contribution < -0.4 is 20.1 Å². The summed E-state index contributed by atoms with van der Waals surface area (Å²) in [5.41, 5.74) is 3.27. The third kappa shape index (κ3) is 4.61. The Balaban J connectivity index is 1.62. The lowest BCUT2D eigenvalue weighted by Crippen LogP contribution is -2.12. The molecule has 0 radical (unpaired) electrons. The van der Waals surface area contributed by atoms with E-state index in [2.05, 4.69) is 20.8 Å². The molecular formula is C24H22Cl2N4O4. The SMILES string of the molecule is COc1cc(OC)c(Cl)c(-c2ccc3c(NC(=O)c4ccc(NCCO)cc4)n[nH]c3c2)c1Cl. The molecule has 0 atom stereocenters. The average molecular weight is 501 g/mol. The van der Waals surface area contributed by atoms with Gasteiger partial charge in [0, 0.05) is 34.8 Å². The summed E-state index contributed by atoms with van der Waals surface area (Å²) in [6.07, 6.45) is 0. The fourth-order valence-electron chi connectivity index (χ4n) is 3.53. The maximum absolute atomic E-state index is 12.7. The summed E-state index contributed by atoms with van der Waals surface area (Å²) in [7, 11) is 3.04. The highest BCUT2D eigenvalue weighted by atomic mass is 35.5. The summed E-state index contributed by atoms with van der Waals surface area (Å²) in [5.74, 6) is 0.977. The molecule has 8 nitrogen and oxygen atoms in total. The molecule has 0 unspecified atom stereocenters. The number of aliphatic hydroxyl groups excluding tert-OH is 1. The van der Waals surface area contributed by atoms with Crippen molar-refractivity contribution in [2.24, 2.45) is 0 Å². The number of methoxy groups -OCH3 is 2. The van der Waals surface area contributed by atoms with Gasteiger partial charge in [-0.15, -0.1) is 0 Å². The van der Waals surface area contributed by atoms with E-state index in [1.165, 1.54) is 14.2 Å². The second-order valence-electron chi connectivity index (χ2n) is 7.30. The minimum atomic E-state index is -0.296. The van der Waals surface area contributed by atoms with Gasteiger partial charge in [-0.25, -0.2) is 0 Å². The van der Waals surface area contributed by atoms with Crippen molar-refractivity contribution >= 4 is 51.5 Å². The van der Waals surface area contributed by atoms with Gasteiger partial charge >= 0.3 is 0 Å². The molecular weight excluding hydrogens is 479 g/mol. The van der Waals surface area contributed by atoms with Crippen molar-refractivity contribution in [2.75, 3.05) is 38.0 Å². The molecule has 1 amide bonds. The van der Waals surface area contributed by atoms with Gasteiger partial charge in [-0.3, -0.25) is 9.89 Å². The largest absolute Gasteiger partial charge is 0.495 e. The minimum Gasteiger partial charge on any atom is -0.495 e. The van der Waals surface area contributed by atoms with Crippen molar-refractivity contribution in [1.82, 2.24) is 10.2 Å². The Morgan fingerprint density at radius 2 is 1.71 bits per heavy atom. The molecule has 0 saturated heterocycles. The molecule has 4 aromatic rings. The molecule has 3 aromatic carbocycles. The van der Waals surface area contributed by atoms with Gasteiger partial charge in [-0.1, -0.05) is 29.3 Å². The van der Waals surface area contributed by atoms with E-state index in [1.807, 2.05) is 18.2 Å². The molecule has 0 saturated carbocycles. The van der Waals surface area contributed by atoms with E-state index in [0.717, 1.165) is 16.6 Å². The van der Waals surface area contributed by atoms with Gasteiger partial charge in [-0.05, 0) is 42.0 Å². The number of halogens is 2. The lowest BCUT2D eigenvalue weighted by atomic mass is 10.0. The number of rotatable bonds is 8. The number of carbonyl (C=O) groups excluding carboxylic acids is 1. The molecule has 4 rings (SSSR count). The third-order valence-electron chi connectivity index (χ3n) is 5.25. The molecule has 0 fully saturated rings. The van der Waals surface area contributed by atoms with Crippen LogP contribution in [0.25, 0.3) is 22.0 Å². The zero-order chi connectivity index (χ0) is 24.2. The van der Waals surface area contributed by atoms with E-state index in [4.69, 9.17) is 37.8 Å². The predicted octanol–water partition coefficient (Wildman–Crippen LogP) is 5.21. The second-order valence-corrected chi connectivity index (χ2v) is 8.05. The molecule has 34 heavy (non-hydrogen) atoms. The monoisotopic (exact) mass is 500 g/mol. The lowest BCUT2D eigenvalue weighted by Gasteiger charge is -2.14. The van der Waals surface area contributed by atoms with Crippen molar-refractivity contribution in [2.45, 2.75) is 0 Å². The van der Waals surface area contributed by atoms with Gasteiger partial charge in [0.2, 0.25) is 0 Å². The molecule has 176 valence electrons. The molecule has 1 aromatic heterocycles. The Bertz CT molecular complexity index is 1310. The first-order valence-corrected chi connectivity index (χ1v) is 11.1. The third-order valence-corrected chi connectivity index (χ3v) is 6.00. The number of carbonyl (C=O) groups is 1. The fourth-order valence-corrected chi connectivity index (χ4v) is 4.25. The van der Waals surface area contributed by atoms with E-state index < -0.39 is 0 Å². The smallest absolute Gasteiger partial charge is 0.256 e. The molecule has 0 spiro atoms. The molecule has 0 bridgehead atoms. The number of ether oxygens (including phenoxy) is 2. The summed E-state index contributed by atoms with van der Waals surface area (Å²) in [4.78, 5) is 12.7. The molecule has 1 heterocycles. The van der Waals surface area contributed by atoms with Gasteiger partial charge in [0.1, 0.15) is 11.5 Å². The van der Waals surface area contributed by atoms with Crippen LogP contribution in [0.1, 0.15) is 10.4 Å². The van der Waals surface area contributed by atoms with Gasteiger partial charge < -0.3 is 25.2 Å². The Morgan fingerprint density at radius 3 is 2.32 bits per heavy atom. The van der Waals surface area contributed by atoms with Crippen LogP contribution in [-0.4, -0.2) is 48.6 Å². The normalized spacial score (nSPS) is 10.9. The van der Waals surface area contributed by atoms with E-state index >= 15 is 0 Å². The summed E-state index contributed by atoms with van der Waals surface area (Å²) in [5, 5.41) is 23.4. The number of aliphatic hydroxyl groups is 1. The van der Waals surface area contributed by atoms with E-state index in [9.17, 15) is 4.79 Å². The van der Waals surface area contributed by atoms with Crippen molar-refractivity contribution in [1.29, 1.82) is 0 Å². The van der Waals surface area contributed by atoms with Crippen molar-refractivity contribution in [3.8, 4) is 22.6 Å². The summed E-state index contributed by atoms with van der Waals surface area (Å²) < 4.78 is 10.7. The number of H-pyrrole nitrogens is 1. The Hall–Kier alpha value is -3.46. The number of benzene rings is 3. The van der Waals surface area contributed by atoms with Crippen molar-refractivity contribution in [3.63, 3.8) is 0 Å². The van der Waals surface area contributed by atoms with Gasteiger partial charge in [0.25, 0.3) is 5.91 Å². The number of hydrogen-bond acceptors (Lipinski definition) is 6. The maximum atomic E-state index is 12.7. The summed E-state index contributed by atoms with van der Waals surface area (Å²) in [6.45, 7) is 0.464. The van der Waals surface area contributed by atoms with Crippen molar-refractivity contribution in [3.05, 3.63) is 64.1 Å². The number of amides is 1. The Labute approximate surface area is 205 Å². The highest BCUT2D eigenvalue weighted by Crippen LogP contribution is 2.46. The van der Waals surface area contributed by atoms with Crippen LogP contribution in [-0.2, 0) is 0 Å². The predicted molar refractivity (Wildman–Crippen MR) is 135 cm³/mol. The number of aromatic nitrogens is 2. The molecule has 0 aliphatic carbocycles. The van der Waals surface area contributed by atoms with E-state index in [1.54, 1.807) is 30.3 Å². The zero-order valence-electron chi connectivity index (χ0n) is 18.4. The van der Waals surface area contributed by atoms with Crippen LogP contribution in [0.5, 0.6) is 11.5 Å². The van der Waals surface area contributed by atoms with Gasteiger partial charge in [0.15, 0.2) is 5.82 Å². The topological polar surface area (TPSA) is 108 Å².